The zero-order valence-corrected chi connectivity index (χ0v) is 10.8. The number of rotatable bonds is 3. The van der Waals surface area contributed by atoms with E-state index in [1.807, 2.05) is 24.3 Å². The third-order valence-corrected chi connectivity index (χ3v) is 3.31. The zero-order chi connectivity index (χ0) is 13.2. The van der Waals surface area contributed by atoms with E-state index in [1.165, 1.54) is 5.39 Å². The van der Waals surface area contributed by atoms with Crippen molar-refractivity contribution in [3.8, 4) is 5.95 Å². The van der Waals surface area contributed by atoms with Gasteiger partial charge in [-0.15, -0.1) is 6.58 Å². The van der Waals surface area contributed by atoms with E-state index in [0.717, 1.165) is 11.2 Å². The molecule has 1 atom stereocenters. The quantitative estimate of drug-likeness (QED) is 0.662. The maximum Gasteiger partial charge on any atom is 0.234 e. The third kappa shape index (κ3) is 1.93. The molecule has 19 heavy (non-hydrogen) atoms. The van der Waals surface area contributed by atoms with Gasteiger partial charge in [0.2, 0.25) is 5.95 Å². The minimum absolute atomic E-state index is 0.246. The van der Waals surface area contributed by atoms with Gasteiger partial charge in [-0.2, -0.15) is 0 Å². The second-order valence-corrected chi connectivity index (χ2v) is 4.54. The standard InChI is InChI=1S/C16H15N3/c1-3-12(2)15-11-13-7-4-5-8-14(13)19(15)16-17-9-6-10-18-16/h3-12H,1H2,2H3. The fourth-order valence-corrected chi connectivity index (χ4v) is 2.26. The summed E-state index contributed by atoms with van der Waals surface area (Å²) >= 11 is 0. The van der Waals surface area contributed by atoms with Crippen LogP contribution in [0.1, 0.15) is 18.5 Å². The van der Waals surface area contributed by atoms with Crippen LogP contribution in [0.5, 0.6) is 0 Å². The maximum absolute atomic E-state index is 4.37. The molecule has 0 saturated heterocycles. The largest absolute Gasteiger partial charge is 0.282 e. The molecule has 0 saturated carbocycles. The smallest absolute Gasteiger partial charge is 0.234 e. The van der Waals surface area contributed by atoms with Crippen molar-refractivity contribution in [3.05, 3.63) is 67.1 Å². The Bertz CT molecular complexity index is 713. The van der Waals surface area contributed by atoms with Crippen LogP contribution in [0.25, 0.3) is 16.9 Å². The average Bonchev–Trinajstić information content (AvgIpc) is 2.86. The molecule has 0 aliphatic heterocycles. The molecule has 94 valence electrons. The molecule has 2 heterocycles. The fraction of sp³-hybridized carbons (Fsp3) is 0.125. The van der Waals surface area contributed by atoms with Crippen LogP contribution in [-0.2, 0) is 0 Å². The molecule has 0 spiro atoms. The lowest BCUT2D eigenvalue weighted by molar-refractivity contribution is 0.829. The van der Waals surface area contributed by atoms with E-state index < -0.39 is 0 Å². The number of aromatic nitrogens is 3. The van der Waals surface area contributed by atoms with Crippen molar-refractivity contribution in [2.24, 2.45) is 0 Å². The van der Waals surface area contributed by atoms with Crippen molar-refractivity contribution in [2.75, 3.05) is 0 Å². The Kier molecular flexibility index (Phi) is 2.88. The SMILES string of the molecule is C=CC(C)c1cc2ccccc2n1-c1ncccn1. The van der Waals surface area contributed by atoms with Crippen molar-refractivity contribution in [1.29, 1.82) is 0 Å². The number of fused-ring (bicyclic) bond motifs is 1. The summed E-state index contributed by atoms with van der Waals surface area (Å²) in [6, 6.07) is 12.3. The Labute approximate surface area is 112 Å². The highest BCUT2D eigenvalue weighted by Crippen LogP contribution is 2.28. The second kappa shape index (κ2) is 4.69. The lowest BCUT2D eigenvalue weighted by Gasteiger charge is -2.11. The summed E-state index contributed by atoms with van der Waals surface area (Å²) in [5.41, 5.74) is 2.28. The average molecular weight is 249 g/mol. The van der Waals surface area contributed by atoms with Crippen molar-refractivity contribution in [2.45, 2.75) is 12.8 Å². The molecule has 3 nitrogen and oxygen atoms in total. The highest BCUT2D eigenvalue weighted by molar-refractivity contribution is 5.83. The minimum Gasteiger partial charge on any atom is -0.282 e. The molecule has 0 bridgehead atoms. The highest BCUT2D eigenvalue weighted by Gasteiger charge is 2.14. The molecule has 1 aromatic carbocycles. The number of hydrogen-bond acceptors (Lipinski definition) is 2. The first-order chi connectivity index (χ1) is 9.31. The lowest BCUT2D eigenvalue weighted by Crippen LogP contribution is -2.05. The molecule has 0 aliphatic rings. The number of nitrogens with zero attached hydrogens (tertiary/aromatic N) is 3. The lowest BCUT2D eigenvalue weighted by atomic mass is 10.1. The van der Waals surface area contributed by atoms with Gasteiger partial charge >= 0.3 is 0 Å². The van der Waals surface area contributed by atoms with Crippen LogP contribution in [-0.4, -0.2) is 14.5 Å². The van der Waals surface area contributed by atoms with E-state index >= 15 is 0 Å². The van der Waals surface area contributed by atoms with Gasteiger partial charge in [-0.05, 0) is 18.2 Å². The predicted molar refractivity (Wildman–Crippen MR) is 77.5 cm³/mol. The molecule has 1 unspecified atom stereocenters. The first-order valence-electron chi connectivity index (χ1n) is 6.31. The summed E-state index contributed by atoms with van der Waals surface area (Å²) in [4.78, 5) is 8.73. The predicted octanol–water partition coefficient (Wildman–Crippen LogP) is 3.71. The highest BCUT2D eigenvalue weighted by atomic mass is 15.2. The molecule has 3 heteroatoms. The zero-order valence-electron chi connectivity index (χ0n) is 10.8. The summed E-state index contributed by atoms with van der Waals surface area (Å²) in [6.07, 6.45) is 5.46. The van der Waals surface area contributed by atoms with E-state index in [2.05, 4.69) is 46.2 Å². The van der Waals surface area contributed by atoms with Gasteiger partial charge in [0.05, 0.1) is 5.52 Å². The van der Waals surface area contributed by atoms with Crippen molar-refractivity contribution < 1.29 is 0 Å². The summed E-state index contributed by atoms with van der Waals surface area (Å²) in [5, 5.41) is 1.19. The fourth-order valence-electron chi connectivity index (χ4n) is 2.26. The maximum atomic E-state index is 4.37. The molecular weight excluding hydrogens is 234 g/mol. The van der Waals surface area contributed by atoms with Gasteiger partial charge in [-0.1, -0.05) is 31.2 Å². The summed E-state index contributed by atoms with van der Waals surface area (Å²) in [7, 11) is 0. The number of para-hydroxylation sites is 1. The number of benzene rings is 1. The van der Waals surface area contributed by atoms with Gasteiger partial charge in [-0.3, -0.25) is 4.57 Å². The van der Waals surface area contributed by atoms with Crippen LogP contribution < -0.4 is 0 Å². The van der Waals surface area contributed by atoms with Gasteiger partial charge < -0.3 is 0 Å². The molecule has 3 aromatic rings. The number of allylic oxidation sites excluding steroid dienone is 1. The monoisotopic (exact) mass is 249 g/mol. The Morgan fingerprint density at radius 2 is 1.89 bits per heavy atom. The van der Waals surface area contributed by atoms with Crippen LogP contribution >= 0.6 is 0 Å². The van der Waals surface area contributed by atoms with Gasteiger partial charge in [-0.25, -0.2) is 9.97 Å². The molecule has 0 amide bonds. The van der Waals surface area contributed by atoms with Crippen LogP contribution in [0.15, 0.2) is 61.4 Å². The molecule has 0 N–H and O–H groups in total. The van der Waals surface area contributed by atoms with Crippen molar-refractivity contribution >= 4 is 10.9 Å². The topological polar surface area (TPSA) is 30.7 Å². The first-order valence-corrected chi connectivity index (χ1v) is 6.31. The van der Waals surface area contributed by atoms with Crippen LogP contribution in [0.2, 0.25) is 0 Å². The minimum atomic E-state index is 0.246. The second-order valence-electron chi connectivity index (χ2n) is 4.54. The molecule has 0 aliphatic carbocycles. The van der Waals surface area contributed by atoms with Gasteiger partial charge in [0.15, 0.2) is 0 Å². The normalized spacial score (nSPS) is 12.5. The van der Waals surface area contributed by atoms with E-state index in [9.17, 15) is 0 Å². The Morgan fingerprint density at radius 1 is 1.16 bits per heavy atom. The summed E-state index contributed by atoms with van der Waals surface area (Å²) < 4.78 is 2.10. The summed E-state index contributed by atoms with van der Waals surface area (Å²) in [6.45, 7) is 6.01. The molecule has 0 fully saturated rings. The Morgan fingerprint density at radius 3 is 2.63 bits per heavy atom. The third-order valence-electron chi connectivity index (χ3n) is 3.31. The van der Waals surface area contributed by atoms with Crippen molar-refractivity contribution in [1.82, 2.24) is 14.5 Å². The van der Waals surface area contributed by atoms with E-state index in [1.54, 1.807) is 12.4 Å². The molecule has 2 aromatic heterocycles. The molecule has 0 radical (unpaired) electrons. The van der Waals surface area contributed by atoms with Crippen LogP contribution in [0, 0.1) is 0 Å². The van der Waals surface area contributed by atoms with Crippen molar-refractivity contribution in [3.63, 3.8) is 0 Å². The van der Waals surface area contributed by atoms with Gasteiger partial charge in [0, 0.05) is 29.4 Å². The Hall–Kier alpha value is -2.42. The molecular formula is C16H15N3. The van der Waals surface area contributed by atoms with E-state index in [0.29, 0.717) is 5.95 Å². The first kappa shape index (κ1) is 11.7. The van der Waals surface area contributed by atoms with E-state index in [-0.39, 0.29) is 5.92 Å². The van der Waals surface area contributed by atoms with Gasteiger partial charge in [0.25, 0.3) is 0 Å². The van der Waals surface area contributed by atoms with Gasteiger partial charge in [0.1, 0.15) is 0 Å². The summed E-state index contributed by atoms with van der Waals surface area (Å²) in [5.74, 6) is 0.948. The molecule has 3 rings (SSSR count). The Balaban J connectivity index is 2.34. The number of hydrogen-bond donors (Lipinski definition) is 0. The van der Waals surface area contributed by atoms with Crippen LogP contribution in [0.4, 0.5) is 0 Å². The van der Waals surface area contributed by atoms with Crippen LogP contribution in [0.3, 0.4) is 0 Å². The van der Waals surface area contributed by atoms with E-state index in [4.69, 9.17) is 0 Å².